The van der Waals surface area contributed by atoms with Gasteiger partial charge in [0.25, 0.3) is 0 Å². The molecule has 7 nitrogen and oxygen atoms in total. The smallest absolute Gasteiger partial charge is 0.225 e. The molecule has 0 aromatic carbocycles. The summed E-state index contributed by atoms with van der Waals surface area (Å²) in [5.74, 6) is 1.22. The van der Waals surface area contributed by atoms with Crippen LogP contribution in [0.3, 0.4) is 0 Å². The molecule has 1 aliphatic carbocycles. The molecule has 1 aliphatic heterocycles. The number of ether oxygens (including phenoxy) is 1. The Morgan fingerprint density at radius 3 is 2.54 bits per heavy atom. The van der Waals surface area contributed by atoms with Gasteiger partial charge in [-0.05, 0) is 46.0 Å². The van der Waals surface area contributed by atoms with Gasteiger partial charge in [0.15, 0.2) is 0 Å². The van der Waals surface area contributed by atoms with Crippen LogP contribution < -0.4 is 5.32 Å². The summed E-state index contributed by atoms with van der Waals surface area (Å²) in [5.41, 5.74) is 1.85. The number of nitrogens with one attached hydrogen (secondary N) is 1. The maximum absolute atomic E-state index is 12.6. The van der Waals surface area contributed by atoms with E-state index in [0.717, 1.165) is 42.7 Å². The summed E-state index contributed by atoms with van der Waals surface area (Å²) in [5, 5.41) is 6.86. The Labute approximate surface area is 154 Å². The first-order valence-corrected chi connectivity index (χ1v) is 9.63. The Bertz CT molecular complexity index is 613. The minimum atomic E-state index is -0.00389. The number of carbonyl (C=O) groups is 2. The molecule has 2 amide bonds. The van der Waals surface area contributed by atoms with E-state index in [1.807, 2.05) is 18.7 Å². The van der Waals surface area contributed by atoms with Crippen molar-refractivity contribution in [1.82, 2.24) is 15.4 Å². The van der Waals surface area contributed by atoms with Crippen molar-refractivity contribution < 1.29 is 18.8 Å². The minimum absolute atomic E-state index is 0.00389. The van der Waals surface area contributed by atoms with E-state index in [1.165, 1.54) is 0 Å². The third-order valence-electron chi connectivity index (χ3n) is 5.30. The Kier molecular flexibility index (Phi) is 6.29. The van der Waals surface area contributed by atoms with Crippen LogP contribution in [0.1, 0.15) is 49.1 Å². The second kappa shape index (κ2) is 8.66. The zero-order valence-electron chi connectivity index (χ0n) is 15.8. The van der Waals surface area contributed by atoms with E-state index in [2.05, 4.69) is 10.5 Å². The van der Waals surface area contributed by atoms with Crippen molar-refractivity contribution in [2.75, 3.05) is 26.3 Å². The summed E-state index contributed by atoms with van der Waals surface area (Å²) in [7, 11) is 0. The predicted molar refractivity (Wildman–Crippen MR) is 95.6 cm³/mol. The summed E-state index contributed by atoms with van der Waals surface area (Å²) in [6, 6.07) is 0.246. The monoisotopic (exact) mass is 363 g/mol. The van der Waals surface area contributed by atoms with Gasteiger partial charge in [0.1, 0.15) is 5.76 Å². The van der Waals surface area contributed by atoms with Gasteiger partial charge < -0.3 is 19.5 Å². The molecule has 0 spiro atoms. The standard InChI is InChI=1S/C19H29N3O4/c1-13-17(14(2)26-21-13)5-6-18(23)20-9-10-22(19(24)15-3-4-15)16-7-11-25-12-8-16/h15-16H,3-12H2,1-2H3,(H,20,23). The number of aryl methyl sites for hydroxylation is 2. The van der Waals surface area contributed by atoms with Crippen LogP contribution in [-0.2, 0) is 20.7 Å². The summed E-state index contributed by atoms with van der Waals surface area (Å²) in [4.78, 5) is 26.7. The zero-order chi connectivity index (χ0) is 18.5. The minimum Gasteiger partial charge on any atom is -0.381 e. The van der Waals surface area contributed by atoms with E-state index >= 15 is 0 Å². The number of hydrogen-bond acceptors (Lipinski definition) is 5. The third kappa shape index (κ3) is 4.84. The molecule has 7 heteroatoms. The van der Waals surface area contributed by atoms with E-state index in [1.54, 1.807) is 0 Å². The molecule has 0 unspecified atom stereocenters. The molecule has 1 N–H and O–H groups in total. The number of hydrogen-bond donors (Lipinski definition) is 1. The molecule has 3 rings (SSSR count). The van der Waals surface area contributed by atoms with E-state index in [-0.39, 0.29) is 23.8 Å². The molecule has 144 valence electrons. The first-order chi connectivity index (χ1) is 12.6. The number of amides is 2. The van der Waals surface area contributed by atoms with Gasteiger partial charge >= 0.3 is 0 Å². The third-order valence-corrected chi connectivity index (χ3v) is 5.30. The SMILES string of the molecule is Cc1noc(C)c1CCC(=O)NCCN(C(=O)C1CC1)C1CCOCC1. The fourth-order valence-corrected chi connectivity index (χ4v) is 3.54. The van der Waals surface area contributed by atoms with Gasteiger partial charge in [0, 0.05) is 50.2 Å². The van der Waals surface area contributed by atoms with Crippen molar-refractivity contribution in [3.63, 3.8) is 0 Å². The van der Waals surface area contributed by atoms with Crippen LogP contribution in [0.4, 0.5) is 0 Å². The molecule has 2 aliphatic rings. The van der Waals surface area contributed by atoms with Crippen molar-refractivity contribution in [1.29, 1.82) is 0 Å². The van der Waals surface area contributed by atoms with E-state index in [4.69, 9.17) is 9.26 Å². The van der Waals surface area contributed by atoms with Gasteiger partial charge in [-0.3, -0.25) is 9.59 Å². The Hall–Kier alpha value is -1.89. The summed E-state index contributed by atoms with van der Waals surface area (Å²) in [6.45, 7) is 6.25. The average Bonchev–Trinajstić information content (AvgIpc) is 3.44. The van der Waals surface area contributed by atoms with Crippen LogP contribution in [0.25, 0.3) is 0 Å². The van der Waals surface area contributed by atoms with Gasteiger partial charge in [0.05, 0.1) is 5.69 Å². The van der Waals surface area contributed by atoms with Crippen molar-refractivity contribution in [3.8, 4) is 0 Å². The fraction of sp³-hybridized carbons (Fsp3) is 0.737. The highest BCUT2D eigenvalue weighted by Crippen LogP contribution is 2.32. The number of rotatable bonds is 8. The van der Waals surface area contributed by atoms with Crippen molar-refractivity contribution >= 4 is 11.8 Å². The largest absolute Gasteiger partial charge is 0.381 e. The molecular formula is C19H29N3O4. The fourth-order valence-electron chi connectivity index (χ4n) is 3.54. The second-order valence-electron chi connectivity index (χ2n) is 7.30. The van der Waals surface area contributed by atoms with Gasteiger partial charge in [-0.1, -0.05) is 5.16 Å². The molecule has 0 radical (unpaired) electrons. The Balaban J connectivity index is 1.44. The highest BCUT2D eigenvalue weighted by Gasteiger charge is 2.36. The topological polar surface area (TPSA) is 84.7 Å². The van der Waals surface area contributed by atoms with Crippen molar-refractivity contribution in [3.05, 3.63) is 17.0 Å². The van der Waals surface area contributed by atoms with Crippen LogP contribution in [0.15, 0.2) is 4.52 Å². The number of nitrogens with zero attached hydrogens (tertiary/aromatic N) is 2. The van der Waals surface area contributed by atoms with Crippen LogP contribution in [0.2, 0.25) is 0 Å². The molecule has 1 saturated heterocycles. The van der Waals surface area contributed by atoms with Crippen LogP contribution in [-0.4, -0.2) is 54.2 Å². The lowest BCUT2D eigenvalue weighted by atomic mass is 10.1. The van der Waals surface area contributed by atoms with E-state index in [9.17, 15) is 9.59 Å². The highest BCUT2D eigenvalue weighted by molar-refractivity contribution is 5.81. The molecule has 2 fully saturated rings. The number of aromatic nitrogens is 1. The lowest BCUT2D eigenvalue weighted by Gasteiger charge is -2.34. The normalized spacial score (nSPS) is 17.9. The molecule has 1 aromatic rings. The predicted octanol–water partition coefficient (Wildman–Crippen LogP) is 1.76. The van der Waals surface area contributed by atoms with Crippen LogP contribution >= 0.6 is 0 Å². The maximum Gasteiger partial charge on any atom is 0.225 e. The van der Waals surface area contributed by atoms with Gasteiger partial charge in [0.2, 0.25) is 11.8 Å². The highest BCUT2D eigenvalue weighted by atomic mass is 16.5. The lowest BCUT2D eigenvalue weighted by molar-refractivity contribution is -0.137. The first kappa shape index (κ1) is 18.9. The molecule has 2 heterocycles. The molecule has 1 saturated carbocycles. The first-order valence-electron chi connectivity index (χ1n) is 9.63. The average molecular weight is 363 g/mol. The lowest BCUT2D eigenvalue weighted by Crippen LogP contribution is -2.47. The summed E-state index contributed by atoms with van der Waals surface area (Å²) < 4.78 is 10.5. The molecule has 0 atom stereocenters. The van der Waals surface area contributed by atoms with Crippen molar-refractivity contribution in [2.45, 2.75) is 58.4 Å². The van der Waals surface area contributed by atoms with Crippen molar-refractivity contribution in [2.24, 2.45) is 5.92 Å². The van der Waals surface area contributed by atoms with E-state index < -0.39 is 0 Å². The Morgan fingerprint density at radius 2 is 1.92 bits per heavy atom. The summed E-state index contributed by atoms with van der Waals surface area (Å²) in [6.07, 6.45) is 4.80. The summed E-state index contributed by atoms with van der Waals surface area (Å²) >= 11 is 0. The van der Waals surface area contributed by atoms with Gasteiger partial charge in [-0.25, -0.2) is 0 Å². The maximum atomic E-state index is 12.6. The second-order valence-corrected chi connectivity index (χ2v) is 7.30. The Morgan fingerprint density at radius 1 is 1.19 bits per heavy atom. The zero-order valence-corrected chi connectivity index (χ0v) is 15.8. The number of carbonyl (C=O) groups excluding carboxylic acids is 2. The van der Waals surface area contributed by atoms with E-state index in [0.29, 0.717) is 39.1 Å². The van der Waals surface area contributed by atoms with Crippen LogP contribution in [0.5, 0.6) is 0 Å². The molecule has 0 bridgehead atoms. The quantitative estimate of drug-likeness (QED) is 0.761. The molecule has 1 aromatic heterocycles. The van der Waals surface area contributed by atoms with Crippen LogP contribution in [0, 0.1) is 19.8 Å². The van der Waals surface area contributed by atoms with Gasteiger partial charge in [-0.15, -0.1) is 0 Å². The van der Waals surface area contributed by atoms with Gasteiger partial charge in [-0.2, -0.15) is 0 Å². The molecule has 26 heavy (non-hydrogen) atoms. The molecular weight excluding hydrogens is 334 g/mol.